The Labute approximate surface area is 176 Å². The highest BCUT2D eigenvalue weighted by molar-refractivity contribution is 8.00. The lowest BCUT2D eigenvalue weighted by atomic mass is 10.2. The van der Waals surface area contributed by atoms with Gasteiger partial charge in [0.05, 0.1) is 16.3 Å². The van der Waals surface area contributed by atoms with Crippen molar-refractivity contribution in [2.24, 2.45) is 0 Å². The first-order valence-corrected chi connectivity index (χ1v) is 11.6. The second-order valence-corrected chi connectivity index (χ2v) is 9.75. The number of carbonyl (C=O) groups excluding carboxylic acids is 1. The minimum absolute atomic E-state index is 0.0159. The van der Waals surface area contributed by atoms with Crippen LogP contribution in [-0.4, -0.2) is 20.1 Å². The molecule has 0 saturated carbocycles. The molecule has 0 atom stereocenters. The number of hydrogen-bond donors (Lipinski definition) is 0. The van der Waals surface area contributed by atoms with E-state index in [-0.39, 0.29) is 10.6 Å². The fraction of sp³-hybridized carbons (Fsp3) is 0.174. The van der Waals surface area contributed by atoms with Gasteiger partial charge in [0.25, 0.3) is 15.9 Å². The zero-order valence-electron chi connectivity index (χ0n) is 16.6. The average Bonchev–Trinajstić information content (AvgIpc) is 2.69. The third kappa shape index (κ3) is 5.08. The van der Waals surface area contributed by atoms with Crippen LogP contribution in [0.1, 0.15) is 16.7 Å². The summed E-state index contributed by atoms with van der Waals surface area (Å²) < 4.78 is 27.6. The van der Waals surface area contributed by atoms with Gasteiger partial charge in [-0.15, -0.1) is 11.8 Å². The highest BCUT2D eigenvalue weighted by Crippen LogP contribution is 2.27. The number of carbonyl (C=O) groups is 1. The molecule has 0 fully saturated rings. The Morgan fingerprint density at radius 1 is 0.759 bits per heavy atom. The first-order chi connectivity index (χ1) is 13.8. The number of sulfonamides is 1. The smallest absolute Gasteiger partial charge is 0.270 e. The number of rotatable bonds is 6. The van der Waals surface area contributed by atoms with Gasteiger partial charge in [0.1, 0.15) is 0 Å². The third-order valence-electron chi connectivity index (χ3n) is 4.44. The first kappa shape index (κ1) is 21.1. The van der Waals surface area contributed by atoms with Crippen LogP contribution >= 0.6 is 11.8 Å². The van der Waals surface area contributed by atoms with Crippen molar-refractivity contribution in [1.82, 2.24) is 0 Å². The zero-order valence-corrected chi connectivity index (χ0v) is 18.3. The number of anilines is 1. The Morgan fingerprint density at radius 3 is 1.72 bits per heavy atom. The van der Waals surface area contributed by atoms with Gasteiger partial charge in [0, 0.05) is 4.90 Å². The van der Waals surface area contributed by atoms with Crippen molar-refractivity contribution in [3.63, 3.8) is 0 Å². The van der Waals surface area contributed by atoms with Crippen LogP contribution in [0.4, 0.5) is 5.69 Å². The maximum atomic E-state index is 13.3. The fourth-order valence-corrected chi connectivity index (χ4v) is 5.00. The predicted octanol–water partition coefficient (Wildman–Crippen LogP) is 5.13. The van der Waals surface area contributed by atoms with E-state index in [1.54, 1.807) is 36.4 Å². The van der Waals surface area contributed by atoms with Gasteiger partial charge < -0.3 is 0 Å². The summed E-state index contributed by atoms with van der Waals surface area (Å²) in [5.41, 5.74) is 3.41. The van der Waals surface area contributed by atoms with Crippen molar-refractivity contribution in [2.75, 3.05) is 10.1 Å². The molecule has 29 heavy (non-hydrogen) atoms. The predicted molar refractivity (Wildman–Crippen MR) is 119 cm³/mol. The Bertz CT molecular complexity index is 1090. The molecule has 1 amide bonds. The topological polar surface area (TPSA) is 54.5 Å². The van der Waals surface area contributed by atoms with Crippen molar-refractivity contribution in [1.29, 1.82) is 0 Å². The monoisotopic (exact) mass is 425 g/mol. The summed E-state index contributed by atoms with van der Waals surface area (Å²) >= 11 is 1.32. The summed E-state index contributed by atoms with van der Waals surface area (Å²) in [5, 5.41) is 0. The van der Waals surface area contributed by atoms with Gasteiger partial charge in [-0.25, -0.2) is 12.7 Å². The van der Waals surface area contributed by atoms with Crippen molar-refractivity contribution in [3.05, 3.63) is 89.5 Å². The van der Waals surface area contributed by atoms with E-state index in [9.17, 15) is 13.2 Å². The zero-order chi connectivity index (χ0) is 21.0. The maximum Gasteiger partial charge on any atom is 0.270 e. The van der Waals surface area contributed by atoms with Crippen LogP contribution in [0.5, 0.6) is 0 Å². The third-order valence-corrected chi connectivity index (χ3v) is 7.20. The molecule has 0 unspecified atom stereocenters. The number of thioether (sulfide) groups is 1. The summed E-state index contributed by atoms with van der Waals surface area (Å²) in [6, 6.07) is 21.2. The Morgan fingerprint density at radius 2 is 1.21 bits per heavy atom. The largest absolute Gasteiger partial charge is 0.272 e. The summed E-state index contributed by atoms with van der Waals surface area (Å²) in [6.07, 6.45) is 0. The van der Waals surface area contributed by atoms with E-state index in [0.29, 0.717) is 5.69 Å². The van der Waals surface area contributed by atoms with Crippen LogP contribution in [-0.2, 0) is 14.8 Å². The number of nitrogens with zero attached hydrogens (tertiary/aromatic N) is 1. The molecule has 3 rings (SSSR count). The van der Waals surface area contributed by atoms with E-state index in [1.807, 2.05) is 45.0 Å². The molecule has 0 aliphatic carbocycles. The van der Waals surface area contributed by atoms with Gasteiger partial charge in [-0.05, 0) is 57.2 Å². The van der Waals surface area contributed by atoms with Crippen molar-refractivity contribution >= 4 is 33.4 Å². The Hall–Kier alpha value is -2.57. The lowest BCUT2D eigenvalue weighted by Gasteiger charge is -2.23. The van der Waals surface area contributed by atoms with Crippen LogP contribution in [0.15, 0.2) is 82.6 Å². The lowest BCUT2D eigenvalue weighted by Crippen LogP contribution is -2.38. The summed E-state index contributed by atoms with van der Waals surface area (Å²) in [6.45, 7) is 5.79. The molecule has 6 heteroatoms. The molecule has 0 aliphatic heterocycles. The highest BCUT2D eigenvalue weighted by Gasteiger charge is 2.30. The molecule has 0 saturated heterocycles. The number of hydrogen-bond acceptors (Lipinski definition) is 4. The summed E-state index contributed by atoms with van der Waals surface area (Å²) in [4.78, 5) is 14.1. The van der Waals surface area contributed by atoms with E-state index in [0.717, 1.165) is 25.9 Å². The van der Waals surface area contributed by atoms with Gasteiger partial charge in [-0.3, -0.25) is 4.79 Å². The normalized spacial score (nSPS) is 11.3. The van der Waals surface area contributed by atoms with Crippen LogP contribution < -0.4 is 4.31 Å². The van der Waals surface area contributed by atoms with Crippen molar-refractivity contribution < 1.29 is 13.2 Å². The molecule has 0 N–H and O–H groups in total. The SMILES string of the molecule is Cc1ccc(SCC(=O)N(c2ccc(C)cc2)S(=O)(=O)c2ccc(C)cc2)cc1. The summed E-state index contributed by atoms with van der Waals surface area (Å²) in [7, 11) is -4.02. The lowest BCUT2D eigenvalue weighted by molar-refractivity contribution is -0.115. The minimum Gasteiger partial charge on any atom is -0.272 e. The number of amides is 1. The van der Waals surface area contributed by atoms with Crippen molar-refractivity contribution in [3.8, 4) is 0 Å². The molecule has 0 spiro atoms. The van der Waals surface area contributed by atoms with E-state index >= 15 is 0 Å². The molecule has 0 bridgehead atoms. The molecular formula is C23H23NO3S2. The molecule has 0 aromatic heterocycles. The number of benzene rings is 3. The molecule has 0 heterocycles. The molecule has 3 aromatic rings. The van der Waals surface area contributed by atoms with Gasteiger partial charge in [-0.1, -0.05) is 53.1 Å². The van der Waals surface area contributed by atoms with E-state index in [4.69, 9.17) is 0 Å². The van der Waals surface area contributed by atoms with Gasteiger partial charge >= 0.3 is 0 Å². The van der Waals surface area contributed by atoms with E-state index in [2.05, 4.69) is 0 Å². The second-order valence-electron chi connectivity index (χ2n) is 6.91. The first-order valence-electron chi connectivity index (χ1n) is 9.18. The molecular weight excluding hydrogens is 402 g/mol. The second kappa shape index (κ2) is 8.84. The summed E-state index contributed by atoms with van der Waals surface area (Å²) in [5.74, 6) is -0.470. The fourth-order valence-electron chi connectivity index (χ4n) is 2.75. The average molecular weight is 426 g/mol. The van der Waals surface area contributed by atoms with E-state index in [1.165, 1.54) is 23.9 Å². The van der Waals surface area contributed by atoms with Crippen LogP contribution in [0.3, 0.4) is 0 Å². The molecule has 0 radical (unpaired) electrons. The minimum atomic E-state index is -4.02. The molecule has 150 valence electrons. The standard InChI is InChI=1S/C23H23NO3S2/c1-17-4-10-20(11-5-17)24(29(26,27)22-14-8-19(3)9-15-22)23(25)16-28-21-12-6-18(2)7-13-21/h4-15H,16H2,1-3H3. The molecule has 3 aromatic carbocycles. The Balaban J connectivity index is 1.94. The van der Waals surface area contributed by atoms with Crippen LogP contribution in [0, 0.1) is 20.8 Å². The number of aryl methyl sites for hydroxylation is 3. The molecule has 0 aliphatic rings. The van der Waals surface area contributed by atoms with Crippen molar-refractivity contribution in [2.45, 2.75) is 30.6 Å². The van der Waals surface area contributed by atoms with E-state index < -0.39 is 15.9 Å². The van der Waals surface area contributed by atoms with Crippen LogP contribution in [0.25, 0.3) is 0 Å². The maximum absolute atomic E-state index is 13.3. The van der Waals surface area contributed by atoms with Gasteiger partial charge in [0.2, 0.25) is 0 Å². The molecule has 4 nitrogen and oxygen atoms in total. The van der Waals surface area contributed by atoms with Gasteiger partial charge in [-0.2, -0.15) is 0 Å². The van der Waals surface area contributed by atoms with Gasteiger partial charge in [0.15, 0.2) is 0 Å². The van der Waals surface area contributed by atoms with Crippen LogP contribution in [0.2, 0.25) is 0 Å². The highest BCUT2D eigenvalue weighted by atomic mass is 32.2. The quantitative estimate of drug-likeness (QED) is 0.514. The Kier molecular flexibility index (Phi) is 6.45.